The summed E-state index contributed by atoms with van der Waals surface area (Å²) in [6, 6.07) is 22.6. The van der Waals surface area contributed by atoms with Crippen LogP contribution in [0.2, 0.25) is 5.02 Å². The number of amides is 1. The lowest BCUT2D eigenvalue weighted by atomic mass is 10.1. The first-order chi connectivity index (χ1) is 14.5. The maximum Gasteiger partial charge on any atom is 0.266 e. The number of nitrogens with zero attached hydrogens (tertiary/aromatic N) is 1. The van der Waals surface area contributed by atoms with E-state index in [0.29, 0.717) is 23.1 Å². The lowest BCUT2D eigenvalue weighted by molar-refractivity contribution is -0.112. The second-order valence-electron chi connectivity index (χ2n) is 6.88. The van der Waals surface area contributed by atoms with Crippen LogP contribution in [0.5, 0.6) is 5.75 Å². The first-order valence-corrected chi connectivity index (χ1v) is 9.81. The Morgan fingerprint density at radius 2 is 1.77 bits per heavy atom. The van der Waals surface area contributed by atoms with Gasteiger partial charge in [-0.1, -0.05) is 59.6 Å². The van der Waals surface area contributed by atoms with Crippen molar-refractivity contribution < 1.29 is 9.53 Å². The average molecular weight is 417 g/mol. The lowest BCUT2D eigenvalue weighted by Crippen LogP contribution is -2.14. The van der Waals surface area contributed by atoms with Crippen molar-refractivity contribution in [2.45, 2.75) is 20.5 Å². The summed E-state index contributed by atoms with van der Waals surface area (Å²) in [5.74, 6) is 0.229. The number of halogens is 1. The van der Waals surface area contributed by atoms with Crippen molar-refractivity contribution in [2.24, 2.45) is 0 Å². The summed E-state index contributed by atoms with van der Waals surface area (Å²) in [5, 5.41) is 12.7. The number of aryl methyl sites for hydroxylation is 1. The van der Waals surface area contributed by atoms with Crippen LogP contribution in [0.4, 0.5) is 5.69 Å². The van der Waals surface area contributed by atoms with Crippen LogP contribution < -0.4 is 10.1 Å². The van der Waals surface area contributed by atoms with Gasteiger partial charge >= 0.3 is 0 Å². The van der Waals surface area contributed by atoms with Crippen LogP contribution in [0.25, 0.3) is 6.08 Å². The number of rotatable bonds is 6. The van der Waals surface area contributed by atoms with Gasteiger partial charge in [-0.2, -0.15) is 5.26 Å². The number of anilines is 1. The fourth-order valence-corrected chi connectivity index (χ4v) is 2.93. The summed E-state index contributed by atoms with van der Waals surface area (Å²) in [7, 11) is 0. The van der Waals surface area contributed by atoms with Gasteiger partial charge in [-0.15, -0.1) is 0 Å². The molecule has 0 saturated carbocycles. The van der Waals surface area contributed by atoms with Crippen molar-refractivity contribution in [3.8, 4) is 11.8 Å². The predicted octanol–water partition coefficient (Wildman–Crippen LogP) is 6.08. The first kappa shape index (κ1) is 21.2. The van der Waals surface area contributed by atoms with Crippen LogP contribution in [0.1, 0.15) is 22.3 Å². The number of carbonyl (C=O) groups is 1. The van der Waals surface area contributed by atoms with Crippen LogP contribution in [-0.2, 0) is 11.4 Å². The summed E-state index contributed by atoms with van der Waals surface area (Å²) in [6.07, 6.45) is 1.54. The summed E-state index contributed by atoms with van der Waals surface area (Å²) in [4.78, 5) is 12.5. The number of hydrogen-bond acceptors (Lipinski definition) is 3. The normalized spacial score (nSPS) is 10.9. The van der Waals surface area contributed by atoms with E-state index >= 15 is 0 Å². The van der Waals surface area contributed by atoms with Crippen LogP contribution in [0.3, 0.4) is 0 Å². The van der Waals surface area contributed by atoms with Crippen molar-refractivity contribution in [1.82, 2.24) is 0 Å². The number of hydrogen-bond donors (Lipinski definition) is 1. The quantitative estimate of drug-likeness (QED) is 0.391. The van der Waals surface area contributed by atoms with E-state index in [1.54, 1.807) is 36.4 Å². The number of ether oxygens (including phenoxy) is 1. The van der Waals surface area contributed by atoms with E-state index in [1.807, 2.05) is 56.3 Å². The van der Waals surface area contributed by atoms with Gasteiger partial charge in [-0.05, 0) is 60.9 Å². The average Bonchev–Trinajstić information content (AvgIpc) is 2.75. The molecule has 0 aliphatic carbocycles. The maximum absolute atomic E-state index is 12.5. The zero-order valence-electron chi connectivity index (χ0n) is 16.8. The van der Waals surface area contributed by atoms with Crippen LogP contribution in [0.15, 0.2) is 72.3 Å². The number of nitrogens with one attached hydrogen (secondary N) is 1. The van der Waals surface area contributed by atoms with Crippen molar-refractivity contribution in [2.75, 3.05) is 5.32 Å². The van der Waals surface area contributed by atoms with E-state index in [9.17, 15) is 10.1 Å². The molecule has 0 fully saturated rings. The zero-order valence-corrected chi connectivity index (χ0v) is 17.5. The van der Waals surface area contributed by atoms with Gasteiger partial charge in [-0.25, -0.2) is 0 Å². The SMILES string of the molecule is Cc1ccc(COc2ccc(/C=C(\C#N)C(=O)Nc3cccc(Cl)c3C)cc2)cc1. The molecule has 150 valence electrons. The highest BCUT2D eigenvalue weighted by Crippen LogP contribution is 2.23. The van der Waals surface area contributed by atoms with Crippen molar-refractivity contribution >= 4 is 29.3 Å². The monoisotopic (exact) mass is 416 g/mol. The van der Waals surface area contributed by atoms with Gasteiger partial charge in [0, 0.05) is 10.7 Å². The van der Waals surface area contributed by atoms with Gasteiger partial charge in [0.1, 0.15) is 24.0 Å². The Morgan fingerprint density at radius 3 is 2.43 bits per heavy atom. The Balaban J connectivity index is 1.66. The third-order valence-electron chi connectivity index (χ3n) is 4.60. The van der Waals surface area contributed by atoms with Gasteiger partial charge in [0.15, 0.2) is 0 Å². The molecule has 0 aromatic heterocycles. The lowest BCUT2D eigenvalue weighted by Gasteiger charge is -2.09. The molecule has 0 atom stereocenters. The summed E-state index contributed by atoms with van der Waals surface area (Å²) in [5.41, 5.74) is 4.35. The van der Waals surface area contributed by atoms with Crippen LogP contribution in [-0.4, -0.2) is 5.91 Å². The van der Waals surface area contributed by atoms with E-state index < -0.39 is 5.91 Å². The second-order valence-corrected chi connectivity index (χ2v) is 7.29. The van der Waals surface area contributed by atoms with E-state index in [-0.39, 0.29) is 5.57 Å². The molecule has 1 amide bonds. The van der Waals surface area contributed by atoms with Gasteiger partial charge in [0.2, 0.25) is 0 Å². The van der Waals surface area contributed by atoms with Crippen LogP contribution in [0, 0.1) is 25.2 Å². The summed E-state index contributed by atoms with van der Waals surface area (Å²) < 4.78 is 5.79. The fraction of sp³-hybridized carbons (Fsp3) is 0.120. The zero-order chi connectivity index (χ0) is 21.5. The molecule has 0 saturated heterocycles. The number of benzene rings is 3. The molecule has 5 heteroatoms. The van der Waals surface area contributed by atoms with Gasteiger partial charge < -0.3 is 10.1 Å². The maximum atomic E-state index is 12.5. The largest absolute Gasteiger partial charge is 0.489 e. The molecule has 0 radical (unpaired) electrons. The molecule has 0 heterocycles. The molecule has 3 aromatic carbocycles. The molecule has 3 aromatic rings. The standard InChI is InChI=1S/C25H21ClN2O2/c1-17-6-8-20(9-7-17)16-30-22-12-10-19(11-13-22)14-21(15-27)25(29)28-24-5-3-4-23(26)18(24)2/h3-14H,16H2,1-2H3,(H,28,29)/b21-14+. The van der Waals surface area contributed by atoms with Gasteiger partial charge in [0.25, 0.3) is 5.91 Å². The van der Waals surface area contributed by atoms with E-state index in [0.717, 1.165) is 16.7 Å². The van der Waals surface area contributed by atoms with Crippen molar-refractivity contribution in [3.63, 3.8) is 0 Å². The molecule has 3 rings (SSSR count). The number of carbonyl (C=O) groups excluding carboxylic acids is 1. The minimum atomic E-state index is -0.484. The molecule has 0 aliphatic heterocycles. The van der Waals surface area contributed by atoms with Gasteiger partial charge in [0.05, 0.1) is 0 Å². The first-order valence-electron chi connectivity index (χ1n) is 9.43. The van der Waals surface area contributed by atoms with E-state index in [2.05, 4.69) is 5.32 Å². The second kappa shape index (κ2) is 9.78. The Kier molecular flexibility index (Phi) is 6.90. The molecular formula is C25H21ClN2O2. The highest BCUT2D eigenvalue weighted by molar-refractivity contribution is 6.31. The highest BCUT2D eigenvalue weighted by Gasteiger charge is 2.12. The minimum Gasteiger partial charge on any atom is -0.489 e. The van der Waals surface area contributed by atoms with E-state index in [4.69, 9.17) is 16.3 Å². The summed E-state index contributed by atoms with van der Waals surface area (Å²) in [6.45, 7) is 4.33. The topological polar surface area (TPSA) is 62.1 Å². The molecular weight excluding hydrogens is 396 g/mol. The molecule has 1 N–H and O–H groups in total. The van der Waals surface area contributed by atoms with Crippen molar-refractivity contribution in [1.29, 1.82) is 5.26 Å². The third-order valence-corrected chi connectivity index (χ3v) is 5.01. The molecule has 0 aliphatic rings. The third kappa shape index (κ3) is 5.50. The smallest absolute Gasteiger partial charge is 0.266 e. The molecule has 30 heavy (non-hydrogen) atoms. The van der Waals surface area contributed by atoms with Crippen LogP contribution >= 0.6 is 11.6 Å². The van der Waals surface area contributed by atoms with Gasteiger partial charge in [-0.3, -0.25) is 4.79 Å². The Morgan fingerprint density at radius 1 is 1.07 bits per heavy atom. The number of nitriles is 1. The Hall–Kier alpha value is -3.55. The molecule has 0 bridgehead atoms. The predicted molar refractivity (Wildman–Crippen MR) is 120 cm³/mol. The highest BCUT2D eigenvalue weighted by atomic mass is 35.5. The van der Waals surface area contributed by atoms with E-state index in [1.165, 1.54) is 5.56 Å². The Labute approximate surface area is 181 Å². The fourth-order valence-electron chi connectivity index (χ4n) is 2.76. The molecule has 0 unspecified atom stereocenters. The van der Waals surface area contributed by atoms with Crippen molar-refractivity contribution in [3.05, 3.63) is 99.6 Å². The molecule has 0 spiro atoms. The Bertz CT molecular complexity index is 1110. The minimum absolute atomic E-state index is 0.00250. The molecule has 4 nitrogen and oxygen atoms in total. The summed E-state index contributed by atoms with van der Waals surface area (Å²) >= 11 is 6.08.